The normalized spacial score (nSPS) is 17.8. The van der Waals surface area contributed by atoms with Crippen molar-refractivity contribution in [3.8, 4) is 0 Å². The number of benzene rings is 1. The summed E-state index contributed by atoms with van der Waals surface area (Å²) >= 11 is 0. The van der Waals surface area contributed by atoms with Gasteiger partial charge in [0.1, 0.15) is 5.60 Å². The Kier molecular flexibility index (Phi) is 6.91. The molecule has 0 aromatic heterocycles. The fraction of sp³-hybridized carbons (Fsp3) is 0.619. The maximum Gasteiger partial charge on any atom is 0.309 e. The maximum atomic E-state index is 12.8. The van der Waals surface area contributed by atoms with Crippen molar-refractivity contribution in [2.45, 2.75) is 69.8 Å². The molecule has 1 aromatic carbocycles. The molecule has 0 saturated heterocycles. The van der Waals surface area contributed by atoms with E-state index in [0.29, 0.717) is 12.8 Å². The Morgan fingerprint density at radius 1 is 1.14 bits per heavy atom. The largest absolute Gasteiger partial charge is 0.481 e. The van der Waals surface area contributed by atoms with Crippen LogP contribution in [0.3, 0.4) is 0 Å². The molecule has 0 amide bonds. The summed E-state index contributed by atoms with van der Waals surface area (Å²) in [7, 11) is -3.56. The van der Waals surface area contributed by atoms with Crippen molar-refractivity contribution in [2.24, 2.45) is 11.3 Å². The highest BCUT2D eigenvalue weighted by Gasteiger charge is 2.45. The van der Waals surface area contributed by atoms with Crippen LogP contribution in [0.5, 0.6) is 0 Å². The van der Waals surface area contributed by atoms with Gasteiger partial charge < -0.3 is 9.84 Å². The third-order valence-electron chi connectivity index (χ3n) is 5.23. The number of sulfone groups is 1. The van der Waals surface area contributed by atoms with E-state index in [2.05, 4.69) is 0 Å². The van der Waals surface area contributed by atoms with Gasteiger partial charge in [-0.25, -0.2) is 8.42 Å². The highest BCUT2D eigenvalue weighted by atomic mass is 32.2. The van der Waals surface area contributed by atoms with Gasteiger partial charge in [-0.05, 0) is 58.6 Å². The first-order valence-corrected chi connectivity index (χ1v) is 11.3. The second-order valence-electron chi connectivity index (χ2n) is 8.65. The molecular weight excluding hydrogens is 380 g/mol. The molecule has 1 saturated carbocycles. The van der Waals surface area contributed by atoms with E-state index in [0.717, 1.165) is 12.8 Å². The van der Waals surface area contributed by atoms with E-state index >= 15 is 0 Å². The first-order chi connectivity index (χ1) is 13.0. The van der Waals surface area contributed by atoms with Crippen molar-refractivity contribution >= 4 is 21.8 Å². The number of aliphatic carboxylic acids is 1. The number of ether oxygens (including phenoxy) is 1. The van der Waals surface area contributed by atoms with Gasteiger partial charge >= 0.3 is 11.9 Å². The highest BCUT2D eigenvalue weighted by Crippen LogP contribution is 2.44. The summed E-state index contributed by atoms with van der Waals surface area (Å²) in [6, 6.07) is 8.08. The lowest BCUT2D eigenvalue weighted by Crippen LogP contribution is -2.36. The van der Waals surface area contributed by atoms with Gasteiger partial charge in [-0.2, -0.15) is 0 Å². The lowest BCUT2D eigenvalue weighted by Gasteiger charge is -2.30. The fourth-order valence-corrected chi connectivity index (χ4v) is 5.16. The first kappa shape index (κ1) is 22.4. The van der Waals surface area contributed by atoms with Crippen molar-refractivity contribution in [3.05, 3.63) is 30.3 Å². The summed E-state index contributed by atoms with van der Waals surface area (Å²) in [5, 5.41) is 9.76. The Labute approximate surface area is 167 Å². The SMILES string of the molecule is CC(C)(C)OC(=O)C(CCS(=O)(=O)c1ccccc1)CC1(C(=O)O)CCCC1. The van der Waals surface area contributed by atoms with E-state index in [4.69, 9.17) is 4.74 Å². The van der Waals surface area contributed by atoms with E-state index in [1.54, 1.807) is 39.0 Å². The molecule has 1 aromatic rings. The predicted molar refractivity (Wildman–Crippen MR) is 106 cm³/mol. The average Bonchev–Trinajstić information content (AvgIpc) is 3.08. The molecule has 1 unspecified atom stereocenters. The Morgan fingerprint density at radius 2 is 1.71 bits per heavy atom. The monoisotopic (exact) mass is 410 g/mol. The number of carbonyl (C=O) groups is 2. The minimum Gasteiger partial charge on any atom is -0.481 e. The van der Waals surface area contributed by atoms with Crippen LogP contribution in [0.15, 0.2) is 35.2 Å². The molecule has 2 rings (SSSR count). The molecule has 0 spiro atoms. The van der Waals surface area contributed by atoms with Gasteiger partial charge in [-0.15, -0.1) is 0 Å². The van der Waals surface area contributed by atoms with Gasteiger partial charge in [0.05, 0.1) is 22.0 Å². The van der Waals surface area contributed by atoms with Gasteiger partial charge in [0.15, 0.2) is 9.84 Å². The molecule has 0 heterocycles. The number of carboxylic acid groups (broad SMARTS) is 1. The van der Waals surface area contributed by atoms with E-state index in [1.807, 2.05) is 0 Å². The number of esters is 1. The third-order valence-corrected chi connectivity index (χ3v) is 6.99. The summed E-state index contributed by atoms with van der Waals surface area (Å²) in [4.78, 5) is 24.9. The smallest absolute Gasteiger partial charge is 0.309 e. The summed E-state index contributed by atoms with van der Waals surface area (Å²) < 4.78 is 30.7. The quantitative estimate of drug-likeness (QED) is 0.654. The molecule has 156 valence electrons. The van der Waals surface area contributed by atoms with Crippen molar-refractivity contribution in [1.29, 1.82) is 0 Å². The number of carbonyl (C=O) groups excluding carboxylic acids is 1. The molecule has 0 radical (unpaired) electrons. The molecule has 1 aliphatic carbocycles. The topological polar surface area (TPSA) is 97.7 Å². The number of hydrogen-bond donors (Lipinski definition) is 1. The molecule has 1 aliphatic rings. The zero-order valence-corrected chi connectivity index (χ0v) is 17.6. The molecule has 1 atom stereocenters. The lowest BCUT2D eigenvalue weighted by atomic mass is 9.77. The second kappa shape index (κ2) is 8.64. The van der Waals surface area contributed by atoms with Crippen LogP contribution >= 0.6 is 0 Å². The van der Waals surface area contributed by atoms with E-state index in [9.17, 15) is 23.1 Å². The molecule has 6 nitrogen and oxygen atoms in total. The van der Waals surface area contributed by atoms with Crippen LogP contribution in [-0.2, 0) is 24.2 Å². The van der Waals surface area contributed by atoms with Crippen molar-refractivity contribution in [2.75, 3.05) is 5.75 Å². The van der Waals surface area contributed by atoms with Gasteiger partial charge in [-0.3, -0.25) is 9.59 Å². The number of hydrogen-bond acceptors (Lipinski definition) is 5. The van der Waals surface area contributed by atoms with Gasteiger partial charge in [0.2, 0.25) is 0 Å². The first-order valence-electron chi connectivity index (χ1n) is 9.69. The minimum atomic E-state index is -3.56. The van der Waals surface area contributed by atoms with Crippen LogP contribution in [0.2, 0.25) is 0 Å². The van der Waals surface area contributed by atoms with Crippen LogP contribution in [0, 0.1) is 11.3 Å². The summed E-state index contributed by atoms with van der Waals surface area (Å²) in [6.07, 6.45) is 2.77. The predicted octanol–water partition coefficient (Wildman–Crippen LogP) is 3.84. The average molecular weight is 411 g/mol. The Bertz CT molecular complexity index is 786. The summed E-state index contributed by atoms with van der Waals surface area (Å²) in [5.41, 5.74) is -1.70. The highest BCUT2D eigenvalue weighted by molar-refractivity contribution is 7.91. The van der Waals surface area contributed by atoms with E-state index in [1.165, 1.54) is 12.1 Å². The fourth-order valence-electron chi connectivity index (χ4n) is 3.76. The Hall–Kier alpha value is -1.89. The minimum absolute atomic E-state index is 0.0428. The number of rotatable bonds is 8. The Morgan fingerprint density at radius 3 is 2.21 bits per heavy atom. The molecule has 1 N–H and O–H groups in total. The number of carboxylic acids is 1. The molecular formula is C21H30O6S. The van der Waals surface area contributed by atoms with Crippen LogP contribution in [0.4, 0.5) is 0 Å². The Balaban J connectivity index is 2.21. The molecule has 1 fully saturated rings. The molecule has 28 heavy (non-hydrogen) atoms. The molecule has 0 aliphatic heterocycles. The second-order valence-corrected chi connectivity index (χ2v) is 10.8. The summed E-state index contributed by atoms with van der Waals surface area (Å²) in [6.45, 7) is 5.22. The van der Waals surface area contributed by atoms with Crippen molar-refractivity contribution < 1.29 is 27.9 Å². The molecule has 7 heteroatoms. The van der Waals surface area contributed by atoms with Gasteiger partial charge in [-0.1, -0.05) is 31.0 Å². The van der Waals surface area contributed by atoms with Crippen molar-refractivity contribution in [1.82, 2.24) is 0 Å². The van der Waals surface area contributed by atoms with Gasteiger partial charge in [0.25, 0.3) is 0 Å². The van der Waals surface area contributed by atoms with E-state index in [-0.39, 0.29) is 23.5 Å². The van der Waals surface area contributed by atoms with E-state index < -0.39 is 38.7 Å². The van der Waals surface area contributed by atoms with Crippen LogP contribution in [0.25, 0.3) is 0 Å². The maximum absolute atomic E-state index is 12.8. The van der Waals surface area contributed by atoms with Crippen LogP contribution in [-0.4, -0.2) is 36.8 Å². The van der Waals surface area contributed by atoms with Crippen LogP contribution in [0.1, 0.15) is 59.3 Å². The third kappa shape index (κ3) is 5.80. The van der Waals surface area contributed by atoms with Crippen LogP contribution < -0.4 is 0 Å². The zero-order valence-electron chi connectivity index (χ0n) is 16.8. The zero-order chi connectivity index (χ0) is 21.0. The lowest BCUT2D eigenvalue weighted by molar-refractivity contribution is -0.163. The molecule has 0 bridgehead atoms. The van der Waals surface area contributed by atoms with Crippen molar-refractivity contribution in [3.63, 3.8) is 0 Å². The standard InChI is InChI=1S/C21H30O6S/c1-20(2,3)27-18(22)16(15-21(19(23)24)12-7-8-13-21)11-14-28(25,26)17-9-5-4-6-10-17/h4-6,9-10,16H,7-8,11-15H2,1-3H3,(H,23,24). The summed E-state index contributed by atoms with van der Waals surface area (Å²) in [5.74, 6) is -2.43. The van der Waals surface area contributed by atoms with Gasteiger partial charge in [0, 0.05) is 0 Å².